The second-order valence-corrected chi connectivity index (χ2v) is 7.61. The molecule has 5 heteroatoms. The summed E-state index contributed by atoms with van der Waals surface area (Å²) >= 11 is 5.50. The summed E-state index contributed by atoms with van der Waals surface area (Å²) in [5.41, 5.74) is 6.07. The van der Waals surface area contributed by atoms with E-state index in [2.05, 4.69) is 52.6 Å². The zero-order valence-corrected chi connectivity index (χ0v) is 15.1. The fraction of sp³-hybridized carbons (Fsp3) is 0.733. The smallest absolute Gasteiger partial charge is 0.0565 e. The Labute approximate surface area is 135 Å². The summed E-state index contributed by atoms with van der Waals surface area (Å²) in [7, 11) is 0. The number of aryl methyl sites for hydroxylation is 1. The molecule has 2 atom stereocenters. The van der Waals surface area contributed by atoms with E-state index in [4.69, 9.17) is 5.73 Å². The lowest BCUT2D eigenvalue weighted by molar-refractivity contribution is 0.191. The molecule has 2 heterocycles. The average Bonchev–Trinajstić information content (AvgIpc) is 3.01. The summed E-state index contributed by atoms with van der Waals surface area (Å²) in [5, 5.41) is 0. The highest BCUT2D eigenvalue weighted by Gasteiger charge is 2.31. The predicted octanol–water partition coefficient (Wildman–Crippen LogP) is 3.23. The number of nitrogens with zero attached hydrogens (tertiary/aromatic N) is 2. The van der Waals surface area contributed by atoms with Gasteiger partial charge in [-0.15, -0.1) is 11.3 Å². The van der Waals surface area contributed by atoms with E-state index in [9.17, 15) is 0 Å². The van der Waals surface area contributed by atoms with E-state index in [1.165, 1.54) is 20.6 Å². The molecule has 1 aliphatic rings. The normalized spacial score (nSPS) is 21.8. The Balaban J connectivity index is 2.06. The monoisotopic (exact) mass is 359 g/mol. The number of halogens is 1. The standard InChI is InChI=1S/C15H26BrN3S/c1-4-18(5-2)12-6-7-19(10-12)14(9-17)15-8-13(16)11(3)20-15/h8,12,14H,4-7,9-10,17H2,1-3H3. The third kappa shape index (κ3) is 3.45. The van der Waals surface area contributed by atoms with Gasteiger partial charge in [0.2, 0.25) is 0 Å². The second kappa shape index (κ2) is 7.36. The fourth-order valence-electron chi connectivity index (χ4n) is 3.18. The summed E-state index contributed by atoms with van der Waals surface area (Å²) in [5.74, 6) is 0. The summed E-state index contributed by atoms with van der Waals surface area (Å²) in [4.78, 5) is 7.89. The lowest BCUT2D eigenvalue weighted by Gasteiger charge is -2.29. The third-order valence-corrected chi connectivity index (χ3v) is 6.63. The van der Waals surface area contributed by atoms with E-state index < -0.39 is 0 Å². The molecule has 2 N–H and O–H groups in total. The van der Waals surface area contributed by atoms with Gasteiger partial charge in [-0.2, -0.15) is 0 Å². The Morgan fingerprint density at radius 2 is 2.20 bits per heavy atom. The maximum atomic E-state index is 6.07. The molecule has 114 valence electrons. The predicted molar refractivity (Wildman–Crippen MR) is 91.5 cm³/mol. The second-order valence-electron chi connectivity index (χ2n) is 5.46. The number of hydrogen-bond acceptors (Lipinski definition) is 4. The van der Waals surface area contributed by atoms with Gasteiger partial charge in [0.25, 0.3) is 0 Å². The molecule has 1 saturated heterocycles. The van der Waals surface area contributed by atoms with Crippen LogP contribution in [0.3, 0.4) is 0 Å². The molecule has 0 saturated carbocycles. The molecule has 0 aromatic carbocycles. The third-order valence-electron chi connectivity index (χ3n) is 4.39. The van der Waals surface area contributed by atoms with E-state index in [0.717, 1.165) is 26.2 Å². The number of rotatable bonds is 6. The minimum atomic E-state index is 0.380. The fourth-order valence-corrected chi connectivity index (χ4v) is 4.89. The van der Waals surface area contributed by atoms with Gasteiger partial charge in [-0.05, 0) is 48.4 Å². The molecule has 1 fully saturated rings. The van der Waals surface area contributed by atoms with Crippen molar-refractivity contribution in [2.24, 2.45) is 5.73 Å². The quantitative estimate of drug-likeness (QED) is 0.845. The maximum absolute atomic E-state index is 6.07. The van der Waals surface area contributed by atoms with Crippen LogP contribution in [0.5, 0.6) is 0 Å². The average molecular weight is 360 g/mol. The van der Waals surface area contributed by atoms with Crippen LogP contribution in [0.4, 0.5) is 0 Å². The minimum absolute atomic E-state index is 0.380. The first kappa shape index (κ1) is 16.4. The SMILES string of the molecule is CCN(CC)C1CCN(C(CN)c2cc(Br)c(C)s2)C1. The molecule has 0 aliphatic carbocycles. The zero-order chi connectivity index (χ0) is 14.7. The Hall–Kier alpha value is 0.0600. The molecule has 20 heavy (non-hydrogen) atoms. The molecule has 2 unspecified atom stereocenters. The van der Waals surface area contributed by atoms with Crippen molar-refractivity contribution in [2.45, 2.75) is 39.3 Å². The molecule has 0 radical (unpaired) electrons. The number of likely N-dealkylation sites (tertiary alicyclic amines) is 1. The molecule has 0 spiro atoms. The molecule has 0 bridgehead atoms. The summed E-state index contributed by atoms with van der Waals surface area (Å²) in [6, 6.07) is 3.33. The van der Waals surface area contributed by atoms with E-state index >= 15 is 0 Å². The van der Waals surface area contributed by atoms with Crippen molar-refractivity contribution >= 4 is 27.3 Å². The van der Waals surface area contributed by atoms with Gasteiger partial charge in [0, 0.05) is 39.9 Å². The first-order valence-corrected chi connectivity index (χ1v) is 9.15. The van der Waals surface area contributed by atoms with Gasteiger partial charge < -0.3 is 5.73 Å². The molecule has 1 aromatic rings. The van der Waals surface area contributed by atoms with Gasteiger partial charge in [0.15, 0.2) is 0 Å². The van der Waals surface area contributed by atoms with Crippen molar-refractivity contribution < 1.29 is 0 Å². The minimum Gasteiger partial charge on any atom is -0.329 e. The van der Waals surface area contributed by atoms with Crippen LogP contribution in [0.1, 0.15) is 36.1 Å². The van der Waals surface area contributed by atoms with Crippen molar-refractivity contribution in [3.8, 4) is 0 Å². The highest BCUT2D eigenvalue weighted by molar-refractivity contribution is 9.10. The first-order chi connectivity index (χ1) is 9.60. The van der Waals surface area contributed by atoms with Gasteiger partial charge in [-0.3, -0.25) is 9.80 Å². The maximum Gasteiger partial charge on any atom is 0.0565 e. The Morgan fingerprint density at radius 1 is 1.50 bits per heavy atom. The molecule has 3 nitrogen and oxygen atoms in total. The van der Waals surface area contributed by atoms with Crippen LogP contribution < -0.4 is 5.73 Å². The van der Waals surface area contributed by atoms with Crippen molar-refractivity contribution in [3.05, 3.63) is 20.3 Å². The van der Waals surface area contributed by atoms with Gasteiger partial charge in [0.05, 0.1) is 6.04 Å². The van der Waals surface area contributed by atoms with Crippen LogP contribution in [0.15, 0.2) is 10.5 Å². The van der Waals surface area contributed by atoms with Crippen LogP contribution in [-0.4, -0.2) is 48.6 Å². The van der Waals surface area contributed by atoms with Crippen molar-refractivity contribution in [2.75, 3.05) is 32.7 Å². The van der Waals surface area contributed by atoms with Crippen LogP contribution in [0.25, 0.3) is 0 Å². The van der Waals surface area contributed by atoms with Gasteiger partial charge in [-0.25, -0.2) is 0 Å². The highest BCUT2D eigenvalue weighted by Crippen LogP contribution is 2.34. The van der Waals surface area contributed by atoms with Crippen molar-refractivity contribution in [1.82, 2.24) is 9.80 Å². The molecular formula is C15H26BrN3S. The van der Waals surface area contributed by atoms with Gasteiger partial charge in [-0.1, -0.05) is 13.8 Å². The first-order valence-electron chi connectivity index (χ1n) is 7.54. The van der Waals surface area contributed by atoms with Gasteiger partial charge >= 0.3 is 0 Å². The lowest BCUT2D eigenvalue weighted by Crippen LogP contribution is -2.39. The molecule has 0 amide bonds. The Bertz CT molecular complexity index is 411. The van der Waals surface area contributed by atoms with Crippen molar-refractivity contribution in [1.29, 1.82) is 0 Å². The summed E-state index contributed by atoms with van der Waals surface area (Å²) in [6.07, 6.45) is 1.27. The topological polar surface area (TPSA) is 32.5 Å². The van der Waals surface area contributed by atoms with E-state index in [-0.39, 0.29) is 0 Å². The van der Waals surface area contributed by atoms with E-state index in [0.29, 0.717) is 18.6 Å². The highest BCUT2D eigenvalue weighted by atomic mass is 79.9. The summed E-state index contributed by atoms with van der Waals surface area (Å²) in [6.45, 7) is 12.0. The van der Waals surface area contributed by atoms with Crippen LogP contribution in [0.2, 0.25) is 0 Å². The van der Waals surface area contributed by atoms with E-state index in [1.54, 1.807) is 0 Å². The summed E-state index contributed by atoms with van der Waals surface area (Å²) < 4.78 is 1.22. The molecule has 1 aliphatic heterocycles. The van der Waals surface area contributed by atoms with Crippen LogP contribution in [-0.2, 0) is 0 Å². The molecular weight excluding hydrogens is 334 g/mol. The number of nitrogens with two attached hydrogens (primary N) is 1. The molecule has 2 rings (SSSR count). The number of hydrogen-bond donors (Lipinski definition) is 1. The van der Waals surface area contributed by atoms with Crippen LogP contribution in [0, 0.1) is 6.92 Å². The number of likely N-dealkylation sites (N-methyl/N-ethyl adjacent to an activating group) is 1. The van der Waals surface area contributed by atoms with E-state index in [1.807, 2.05) is 11.3 Å². The number of thiophene rings is 1. The van der Waals surface area contributed by atoms with Crippen LogP contribution >= 0.6 is 27.3 Å². The van der Waals surface area contributed by atoms with Crippen molar-refractivity contribution in [3.63, 3.8) is 0 Å². The zero-order valence-electron chi connectivity index (χ0n) is 12.7. The Morgan fingerprint density at radius 3 is 2.70 bits per heavy atom. The van der Waals surface area contributed by atoms with Gasteiger partial charge in [0.1, 0.15) is 0 Å². The largest absolute Gasteiger partial charge is 0.329 e. The molecule has 1 aromatic heterocycles. The Kier molecular flexibility index (Phi) is 6.05. The lowest BCUT2D eigenvalue weighted by atomic mass is 10.2.